The zero-order valence-corrected chi connectivity index (χ0v) is 12.1. The second kappa shape index (κ2) is 5.54. The number of methoxy groups -OCH3 is 2. The Labute approximate surface area is 119 Å². The van der Waals surface area contributed by atoms with Crippen molar-refractivity contribution >= 4 is 28.9 Å². The van der Waals surface area contributed by atoms with Crippen LogP contribution in [0.2, 0.25) is 0 Å². The number of ether oxygens (including phenoxy) is 2. The Morgan fingerprint density at radius 3 is 2.55 bits per heavy atom. The lowest BCUT2D eigenvalue weighted by molar-refractivity contribution is -0.136. The van der Waals surface area contributed by atoms with Gasteiger partial charge in [0.15, 0.2) is 0 Å². The summed E-state index contributed by atoms with van der Waals surface area (Å²) in [6.45, 7) is 1.80. The molecule has 0 aromatic rings. The molecule has 2 rings (SSSR count). The molecule has 1 aliphatic carbocycles. The number of esters is 1. The molecule has 6 nitrogen and oxygen atoms in total. The summed E-state index contributed by atoms with van der Waals surface area (Å²) in [6, 6.07) is 0. The highest BCUT2D eigenvalue weighted by molar-refractivity contribution is 8.18. The molecule has 0 unspecified atom stereocenters. The van der Waals surface area contributed by atoms with Gasteiger partial charge in [0.25, 0.3) is 11.1 Å². The molecule has 1 saturated heterocycles. The number of carbonyl (C=O) groups is 3. The minimum absolute atomic E-state index is 0.244. The molecule has 2 amide bonds. The van der Waals surface area contributed by atoms with Gasteiger partial charge in [-0.2, -0.15) is 0 Å². The molecule has 20 heavy (non-hydrogen) atoms. The standard InChI is InChI=1S/C13H13NO5S/c1-6-4-7(10-11(15)14-13(17)20-10)5-8(9(6)18-2)12(16)19-3/h5H,4H2,1-3H3,(H,14,15,17). The molecule has 0 aromatic carbocycles. The first kappa shape index (κ1) is 14.4. The smallest absolute Gasteiger partial charge is 0.341 e. The van der Waals surface area contributed by atoms with Crippen molar-refractivity contribution < 1.29 is 23.9 Å². The monoisotopic (exact) mass is 295 g/mol. The van der Waals surface area contributed by atoms with Crippen molar-refractivity contribution in [2.45, 2.75) is 13.3 Å². The molecule has 1 aliphatic heterocycles. The fourth-order valence-corrected chi connectivity index (χ4v) is 2.84. The molecule has 0 bridgehead atoms. The average molecular weight is 295 g/mol. The van der Waals surface area contributed by atoms with Crippen LogP contribution < -0.4 is 5.32 Å². The molecule has 2 aliphatic rings. The summed E-state index contributed by atoms with van der Waals surface area (Å²) in [4.78, 5) is 35.0. The van der Waals surface area contributed by atoms with Crippen molar-refractivity contribution in [2.24, 2.45) is 0 Å². The second-order valence-corrected chi connectivity index (χ2v) is 5.22. The lowest BCUT2D eigenvalue weighted by Gasteiger charge is -2.19. The zero-order valence-electron chi connectivity index (χ0n) is 11.2. The average Bonchev–Trinajstić information content (AvgIpc) is 2.75. The highest BCUT2D eigenvalue weighted by Crippen LogP contribution is 2.36. The summed E-state index contributed by atoms with van der Waals surface area (Å²) >= 11 is 0.832. The van der Waals surface area contributed by atoms with Crippen LogP contribution in [0.15, 0.2) is 33.5 Å². The van der Waals surface area contributed by atoms with Crippen LogP contribution in [-0.4, -0.2) is 31.3 Å². The lowest BCUT2D eigenvalue weighted by atomic mass is 9.93. The van der Waals surface area contributed by atoms with Gasteiger partial charge >= 0.3 is 5.97 Å². The summed E-state index contributed by atoms with van der Waals surface area (Å²) in [5, 5.41) is 1.78. The van der Waals surface area contributed by atoms with Crippen molar-refractivity contribution in [3.8, 4) is 0 Å². The minimum Gasteiger partial charge on any atom is -0.496 e. The minimum atomic E-state index is -0.547. The summed E-state index contributed by atoms with van der Waals surface area (Å²) < 4.78 is 9.92. The fraction of sp³-hybridized carbons (Fsp3) is 0.308. The number of amides is 2. The van der Waals surface area contributed by atoms with Gasteiger partial charge in [-0.15, -0.1) is 0 Å². The Morgan fingerprint density at radius 1 is 1.35 bits per heavy atom. The Hall–Kier alpha value is -2.02. The van der Waals surface area contributed by atoms with Gasteiger partial charge in [-0.1, -0.05) is 0 Å². The van der Waals surface area contributed by atoms with Crippen LogP contribution in [0.25, 0.3) is 0 Å². The van der Waals surface area contributed by atoms with Crippen molar-refractivity contribution in [1.29, 1.82) is 0 Å². The van der Waals surface area contributed by atoms with Crippen molar-refractivity contribution in [3.05, 3.63) is 33.5 Å². The number of imide groups is 1. The molecule has 0 aromatic heterocycles. The van der Waals surface area contributed by atoms with E-state index in [0.717, 1.165) is 17.3 Å². The van der Waals surface area contributed by atoms with E-state index in [1.807, 2.05) is 0 Å². The van der Waals surface area contributed by atoms with E-state index in [4.69, 9.17) is 9.47 Å². The maximum Gasteiger partial charge on any atom is 0.341 e. The molecule has 0 atom stereocenters. The maximum atomic E-state index is 11.8. The Bertz CT molecular complexity index is 600. The third-order valence-electron chi connectivity index (χ3n) is 2.92. The summed E-state index contributed by atoms with van der Waals surface area (Å²) in [7, 11) is 2.74. The topological polar surface area (TPSA) is 81.7 Å². The molecule has 0 radical (unpaired) electrons. The molecule has 7 heteroatoms. The van der Waals surface area contributed by atoms with Gasteiger partial charge in [-0.25, -0.2) is 4.79 Å². The highest BCUT2D eigenvalue weighted by Gasteiger charge is 2.31. The van der Waals surface area contributed by atoms with E-state index in [1.165, 1.54) is 20.3 Å². The Balaban J connectivity index is 2.50. The van der Waals surface area contributed by atoms with E-state index >= 15 is 0 Å². The predicted molar refractivity (Wildman–Crippen MR) is 72.6 cm³/mol. The zero-order chi connectivity index (χ0) is 14.9. The third-order valence-corrected chi connectivity index (χ3v) is 3.86. The summed E-state index contributed by atoms with van der Waals surface area (Å²) in [5.41, 5.74) is 1.65. The van der Waals surface area contributed by atoms with Crippen LogP contribution >= 0.6 is 11.8 Å². The SMILES string of the molecule is COC(=O)C1=CC(=C2SC(=O)NC2=O)CC(C)=C1OC. The van der Waals surface area contributed by atoms with Gasteiger partial charge in [0.05, 0.1) is 19.1 Å². The van der Waals surface area contributed by atoms with Crippen LogP contribution in [-0.2, 0) is 19.1 Å². The second-order valence-electron chi connectivity index (χ2n) is 4.24. The van der Waals surface area contributed by atoms with Crippen LogP contribution in [0, 0.1) is 0 Å². The third kappa shape index (κ3) is 2.49. The van der Waals surface area contributed by atoms with Gasteiger partial charge in [0, 0.05) is 0 Å². The van der Waals surface area contributed by atoms with Crippen molar-refractivity contribution in [3.63, 3.8) is 0 Å². The largest absolute Gasteiger partial charge is 0.496 e. The van der Waals surface area contributed by atoms with Crippen molar-refractivity contribution in [1.82, 2.24) is 5.32 Å². The number of thioether (sulfide) groups is 1. The molecule has 106 valence electrons. The first-order chi connectivity index (χ1) is 9.47. The number of rotatable bonds is 2. The van der Waals surface area contributed by atoms with E-state index in [-0.39, 0.29) is 5.57 Å². The van der Waals surface area contributed by atoms with Crippen LogP contribution in [0.5, 0.6) is 0 Å². The van der Waals surface area contributed by atoms with Crippen molar-refractivity contribution in [2.75, 3.05) is 14.2 Å². The number of allylic oxidation sites excluding steroid dienone is 3. The number of hydrogen-bond acceptors (Lipinski definition) is 6. The Kier molecular flexibility index (Phi) is 3.99. The number of nitrogens with one attached hydrogen (secondary N) is 1. The molecule has 0 spiro atoms. The fourth-order valence-electron chi connectivity index (χ4n) is 2.10. The van der Waals surface area contributed by atoms with Gasteiger partial charge in [0.2, 0.25) is 0 Å². The normalized spacial score (nSPS) is 22.6. The maximum absolute atomic E-state index is 11.8. The summed E-state index contributed by atoms with van der Waals surface area (Å²) in [5.74, 6) is -0.547. The van der Waals surface area contributed by atoms with Gasteiger partial charge < -0.3 is 9.47 Å². The van der Waals surface area contributed by atoms with Gasteiger partial charge in [0.1, 0.15) is 11.3 Å². The first-order valence-corrected chi connectivity index (χ1v) is 6.60. The molecule has 1 fully saturated rings. The first-order valence-electron chi connectivity index (χ1n) is 5.78. The highest BCUT2D eigenvalue weighted by atomic mass is 32.2. The van der Waals surface area contributed by atoms with E-state index in [0.29, 0.717) is 22.7 Å². The van der Waals surface area contributed by atoms with E-state index in [1.54, 1.807) is 6.92 Å². The number of carbonyl (C=O) groups excluding carboxylic acids is 3. The Morgan fingerprint density at radius 2 is 2.05 bits per heavy atom. The van der Waals surface area contributed by atoms with Gasteiger partial charge in [-0.05, 0) is 42.3 Å². The van der Waals surface area contributed by atoms with Gasteiger partial charge in [-0.3, -0.25) is 14.9 Å². The van der Waals surface area contributed by atoms with Crippen LogP contribution in [0.3, 0.4) is 0 Å². The molecular formula is C13H13NO5S. The van der Waals surface area contributed by atoms with E-state index in [2.05, 4.69) is 5.32 Å². The molecule has 0 saturated carbocycles. The quantitative estimate of drug-likeness (QED) is 0.616. The van der Waals surface area contributed by atoms with Crippen LogP contribution in [0.4, 0.5) is 4.79 Å². The van der Waals surface area contributed by atoms with E-state index < -0.39 is 17.1 Å². The molecule has 1 heterocycles. The summed E-state index contributed by atoms with van der Waals surface area (Å²) in [6.07, 6.45) is 1.98. The molecular weight excluding hydrogens is 282 g/mol. The lowest BCUT2D eigenvalue weighted by Crippen LogP contribution is -2.19. The van der Waals surface area contributed by atoms with Crippen LogP contribution in [0.1, 0.15) is 13.3 Å². The molecule has 1 N–H and O–H groups in total. The number of hydrogen-bond donors (Lipinski definition) is 1. The predicted octanol–water partition coefficient (Wildman–Crippen LogP) is 1.65. The van der Waals surface area contributed by atoms with E-state index in [9.17, 15) is 14.4 Å².